The highest BCUT2D eigenvalue weighted by molar-refractivity contribution is 7.15. The molecule has 4 aromatic rings. The van der Waals surface area contributed by atoms with Gasteiger partial charge in [-0.3, -0.25) is 9.20 Å². The number of amides is 1. The summed E-state index contributed by atoms with van der Waals surface area (Å²) in [4.78, 5) is 20.7. The lowest BCUT2D eigenvalue weighted by Crippen LogP contribution is -2.38. The minimum Gasteiger partial charge on any atom is -0.376 e. The third-order valence-electron chi connectivity index (χ3n) is 5.82. The zero-order valence-corrected chi connectivity index (χ0v) is 18.4. The number of imidazole rings is 1. The van der Waals surface area contributed by atoms with Gasteiger partial charge in [0.15, 0.2) is 4.96 Å². The van der Waals surface area contributed by atoms with Crippen LogP contribution in [0.3, 0.4) is 0 Å². The molecule has 2 aromatic heterocycles. The molecule has 0 saturated carbocycles. The van der Waals surface area contributed by atoms with Crippen molar-refractivity contribution >= 4 is 22.2 Å². The minimum atomic E-state index is -0.259. The van der Waals surface area contributed by atoms with Crippen molar-refractivity contribution in [1.29, 1.82) is 0 Å². The van der Waals surface area contributed by atoms with Gasteiger partial charge in [0.05, 0.1) is 11.8 Å². The lowest BCUT2D eigenvalue weighted by atomic mass is 10.1. The number of hydrogen-bond donors (Lipinski definition) is 0. The molecule has 164 valence electrons. The summed E-state index contributed by atoms with van der Waals surface area (Å²) < 4.78 is 21.1. The van der Waals surface area contributed by atoms with Crippen LogP contribution in [0.15, 0.2) is 66.2 Å². The number of fused-ring (bicyclic) bond motifs is 1. The molecule has 0 radical (unpaired) electrons. The highest BCUT2D eigenvalue weighted by atomic mass is 32.1. The second kappa shape index (κ2) is 9.22. The Hall–Kier alpha value is -3.03. The molecule has 7 heteroatoms. The minimum absolute atomic E-state index is 0.0326. The van der Waals surface area contributed by atoms with Crippen molar-refractivity contribution in [1.82, 2.24) is 14.3 Å². The number of aromatic nitrogens is 2. The monoisotopic (exact) mass is 449 g/mol. The summed E-state index contributed by atoms with van der Waals surface area (Å²) in [6.45, 7) is 1.97. The maximum Gasteiger partial charge on any atom is 0.253 e. The zero-order chi connectivity index (χ0) is 21.9. The molecule has 1 aliphatic heterocycles. The van der Waals surface area contributed by atoms with Crippen LogP contribution in [0.4, 0.5) is 4.39 Å². The fourth-order valence-electron chi connectivity index (χ4n) is 4.09. The predicted octanol–water partition coefficient (Wildman–Crippen LogP) is 5.07. The van der Waals surface area contributed by atoms with Gasteiger partial charge in [-0.2, -0.15) is 0 Å². The number of hydrogen-bond acceptors (Lipinski definition) is 4. The molecular weight excluding hydrogens is 425 g/mol. The van der Waals surface area contributed by atoms with Gasteiger partial charge in [-0.05, 0) is 49.2 Å². The Balaban J connectivity index is 1.35. The summed E-state index contributed by atoms with van der Waals surface area (Å²) in [5.74, 6) is -0.227. The van der Waals surface area contributed by atoms with Crippen LogP contribution >= 0.6 is 11.3 Å². The molecule has 0 bridgehead atoms. The Morgan fingerprint density at radius 1 is 1.19 bits per heavy atom. The fourth-order valence-corrected chi connectivity index (χ4v) is 5.00. The largest absolute Gasteiger partial charge is 0.376 e. The number of thiazole rings is 1. The van der Waals surface area contributed by atoms with E-state index < -0.39 is 0 Å². The Morgan fingerprint density at radius 2 is 2.00 bits per heavy atom. The summed E-state index contributed by atoms with van der Waals surface area (Å²) in [6, 6.07) is 15.8. The van der Waals surface area contributed by atoms with E-state index in [1.807, 2.05) is 41.4 Å². The van der Waals surface area contributed by atoms with Crippen LogP contribution in [0.1, 0.15) is 28.9 Å². The number of carbonyl (C=O) groups excluding carboxylic acids is 1. The van der Waals surface area contributed by atoms with Crippen LogP contribution in [0, 0.1) is 5.82 Å². The number of carbonyl (C=O) groups is 1. The Labute approximate surface area is 190 Å². The first kappa shape index (κ1) is 20.8. The van der Waals surface area contributed by atoms with E-state index in [1.54, 1.807) is 23.5 Å². The molecule has 5 rings (SSSR count). The molecule has 5 nitrogen and oxygen atoms in total. The lowest BCUT2D eigenvalue weighted by Gasteiger charge is -2.25. The SMILES string of the molecule is O=C(c1ccccc1)N(CCc1csc2nc(-c3ccc(F)cc3)cn12)CC1CCCO1. The number of benzene rings is 2. The molecule has 32 heavy (non-hydrogen) atoms. The van der Waals surface area contributed by atoms with Crippen molar-refractivity contribution in [2.75, 3.05) is 19.7 Å². The first-order valence-corrected chi connectivity index (χ1v) is 11.7. The van der Waals surface area contributed by atoms with Gasteiger partial charge in [0.2, 0.25) is 0 Å². The Kier molecular flexibility index (Phi) is 6.01. The molecule has 1 atom stereocenters. The molecule has 1 saturated heterocycles. The standard InChI is InChI=1S/C25H24FN3O2S/c26-20-10-8-18(9-11-20)23-16-29-21(17-32-25(29)27-23)12-13-28(15-22-7-4-14-31-22)24(30)19-5-2-1-3-6-19/h1-3,5-6,8-11,16-17,22H,4,7,12-15H2. The summed E-state index contributed by atoms with van der Waals surface area (Å²) >= 11 is 1.57. The third-order valence-corrected chi connectivity index (χ3v) is 6.71. The normalized spacial score (nSPS) is 16.0. The van der Waals surface area contributed by atoms with E-state index in [2.05, 4.69) is 14.8 Å². The van der Waals surface area contributed by atoms with E-state index in [9.17, 15) is 9.18 Å². The van der Waals surface area contributed by atoms with Crippen LogP contribution in [0.25, 0.3) is 16.2 Å². The van der Waals surface area contributed by atoms with Crippen LogP contribution < -0.4 is 0 Å². The van der Waals surface area contributed by atoms with Gasteiger partial charge >= 0.3 is 0 Å². The maximum atomic E-state index is 13.3. The highest BCUT2D eigenvalue weighted by Gasteiger charge is 2.23. The van der Waals surface area contributed by atoms with Crippen LogP contribution in [0.2, 0.25) is 0 Å². The maximum absolute atomic E-state index is 13.3. The first-order valence-electron chi connectivity index (χ1n) is 10.8. The van der Waals surface area contributed by atoms with E-state index in [0.717, 1.165) is 41.4 Å². The van der Waals surface area contributed by atoms with E-state index in [0.29, 0.717) is 25.1 Å². The molecule has 2 aromatic carbocycles. The van der Waals surface area contributed by atoms with Gasteiger partial charge in [-0.1, -0.05) is 18.2 Å². The topological polar surface area (TPSA) is 46.8 Å². The number of rotatable bonds is 7. The average Bonchev–Trinajstić information content (AvgIpc) is 3.56. The molecule has 1 unspecified atom stereocenters. The molecule has 3 heterocycles. The van der Waals surface area contributed by atoms with Gasteiger partial charge in [-0.25, -0.2) is 9.37 Å². The Morgan fingerprint density at radius 3 is 2.75 bits per heavy atom. The van der Waals surface area contributed by atoms with Crippen LogP contribution in [-0.4, -0.2) is 46.0 Å². The molecule has 0 N–H and O–H groups in total. The number of ether oxygens (including phenoxy) is 1. The fraction of sp³-hybridized carbons (Fsp3) is 0.280. The molecule has 0 aliphatic carbocycles. The smallest absolute Gasteiger partial charge is 0.253 e. The summed E-state index contributed by atoms with van der Waals surface area (Å²) in [5, 5.41) is 2.09. The molecule has 1 aliphatic rings. The number of nitrogens with zero attached hydrogens (tertiary/aromatic N) is 3. The van der Waals surface area contributed by atoms with Gasteiger partial charge in [-0.15, -0.1) is 11.3 Å². The van der Waals surface area contributed by atoms with Gasteiger partial charge in [0.25, 0.3) is 5.91 Å². The van der Waals surface area contributed by atoms with Gasteiger partial charge < -0.3 is 9.64 Å². The van der Waals surface area contributed by atoms with E-state index in [4.69, 9.17) is 4.74 Å². The molecular formula is C25H24FN3O2S. The van der Waals surface area contributed by atoms with E-state index in [1.165, 1.54) is 12.1 Å². The lowest BCUT2D eigenvalue weighted by molar-refractivity contribution is 0.0528. The van der Waals surface area contributed by atoms with Gasteiger partial charge in [0, 0.05) is 54.5 Å². The molecule has 1 amide bonds. The highest BCUT2D eigenvalue weighted by Crippen LogP contribution is 2.24. The van der Waals surface area contributed by atoms with Crippen molar-refractivity contribution in [3.63, 3.8) is 0 Å². The Bertz CT molecular complexity index is 1200. The quantitative estimate of drug-likeness (QED) is 0.396. The average molecular weight is 450 g/mol. The van der Waals surface area contributed by atoms with Crippen molar-refractivity contribution < 1.29 is 13.9 Å². The third kappa shape index (κ3) is 4.45. The summed E-state index contributed by atoms with van der Waals surface area (Å²) in [7, 11) is 0. The van der Waals surface area contributed by atoms with Gasteiger partial charge in [0.1, 0.15) is 5.82 Å². The van der Waals surface area contributed by atoms with Crippen molar-refractivity contribution in [3.8, 4) is 11.3 Å². The molecule has 0 spiro atoms. The molecule has 1 fully saturated rings. The number of halogens is 1. The van der Waals surface area contributed by atoms with E-state index in [-0.39, 0.29) is 17.8 Å². The van der Waals surface area contributed by atoms with Crippen molar-refractivity contribution in [2.45, 2.75) is 25.4 Å². The zero-order valence-electron chi connectivity index (χ0n) is 17.6. The first-order chi connectivity index (χ1) is 15.7. The second-order valence-corrected chi connectivity index (χ2v) is 8.85. The van der Waals surface area contributed by atoms with E-state index >= 15 is 0 Å². The van der Waals surface area contributed by atoms with Crippen molar-refractivity contribution in [3.05, 3.63) is 83.2 Å². The van der Waals surface area contributed by atoms with Crippen LogP contribution in [0.5, 0.6) is 0 Å². The summed E-state index contributed by atoms with van der Waals surface area (Å²) in [5.41, 5.74) is 3.49. The van der Waals surface area contributed by atoms with Crippen LogP contribution in [-0.2, 0) is 11.2 Å². The van der Waals surface area contributed by atoms with Crippen molar-refractivity contribution in [2.24, 2.45) is 0 Å². The second-order valence-electron chi connectivity index (χ2n) is 8.01. The predicted molar refractivity (Wildman–Crippen MR) is 123 cm³/mol. The summed E-state index contributed by atoms with van der Waals surface area (Å²) in [6.07, 6.45) is 4.83.